The Balaban J connectivity index is 2.51. The van der Waals surface area contributed by atoms with Crippen molar-refractivity contribution < 1.29 is 4.79 Å². The fraction of sp³-hybridized carbons (Fsp3) is 0.222. The summed E-state index contributed by atoms with van der Waals surface area (Å²) in [4.78, 5) is 12.8. The van der Waals surface area contributed by atoms with Gasteiger partial charge in [-0.2, -0.15) is 0 Å². The molecule has 0 saturated heterocycles. The Hall–Kier alpha value is -1.71. The molecule has 1 heterocycles. The van der Waals surface area contributed by atoms with Crippen LogP contribution in [0.1, 0.15) is 5.56 Å². The molecule has 0 fully saturated rings. The number of hydrogen-bond acceptors (Lipinski definition) is 2. The Bertz CT molecular complexity index is 362. The zero-order valence-corrected chi connectivity index (χ0v) is 7.37. The third-order valence-electron chi connectivity index (χ3n) is 2.21. The van der Waals surface area contributed by atoms with Crippen molar-refractivity contribution in [2.75, 3.05) is 17.7 Å². The minimum absolute atomic E-state index is 0.0851. The maximum absolute atomic E-state index is 11.2. The Kier molecular flexibility index (Phi) is 1.62. The molecule has 13 heavy (non-hydrogen) atoms. The van der Waals surface area contributed by atoms with Crippen LogP contribution in [0, 0.1) is 0 Å². The highest BCUT2D eigenvalue weighted by molar-refractivity contribution is 5.94. The Morgan fingerprint density at radius 3 is 3.08 bits per heavy atom. The number of nitrogen functional groups attached to an aromatic ring is 1. The third kappa shape index (κ3) is 1.20. The number of rotatable bonds is 0. The number of carbonyl (C=O) groups is 1. The largest absolute Gasteiger partial charge is 0.399 e. The van der Waals surface area contributed by atoms with E-state index in [9.17, 15) is 4.79 Å². The number of urea groups is 1. The predicted octanol–water partition coefficient (Wildman–Crippen LogP) is 0.928. The monoisotopic (exact) mass is 177 g/mol. The van der Waals surface area contributed by atoms with Crippen molar-refractivity contribution in [3.05, 3.63) is 23.8 Å². The number of anilines is 2. The lowest BCUT2D eigenvalue weighted by Crippen LogP contribution is -2.41. The van der Waals surface area contributed by atoms with Crippen LogP contribution in [0.2, 0.25) is 0 Å². The maximum Gasteiger partial charge on any atom is 0.321 e. The van der Waals surface area contributed by atoms with Gasteiger partial charge in [0.2, 0.25) is 0 Å². The van der Waals surface area contributed by atoms with E-state index >= 15 is 0 Å². The molecule has 1 aromatic carbocycles. The van der Waals surface area contributed by atoms with E-state index in [1.54, 1.807) is 11.9 Å². The molecular weight excluding hydrogens is 166 g/mol. The Morgan fingerprint density at radius 1 is 1.54 bits per heavy atom. The number of carbonyl (C=O) groups excluding carboxylic acids is 1. The maximum atomic E-state index is 11.2. The molecule has 0 spiro atoms. The molecule has 0 saturated carbocycles. The second-order valence-electron chi connectivity index (χ2n) is 3.11. The van der Waals surface area contributed by atoms with E-state index in [2.05, 4.69) is 5.32 Å². The molecule has 0 aromatic heterocycles. The molecule has 4 nitrogen and oxygen atoms in total. The summed E-state index contributed by atoms with van der Waals surface area (Å²) >= 11 is 0. The molecule has 1 aliphatic heterocycles. The smallest absolute Gasteiger partial charge is 0.321 e. The summed E-state index contributed by atoms with van der Waals surface area (Å²) < 4.78 is 0. The molecule has 0 atom stereocenters. The van der Waals surface area contributed by atoms with Crippen LogP contribution < -0.4 is 16.0 Å². The summed E-state index contributed by atoms with van der Waals surface area (Å²) in [6.07, 6.45) is 0. The van der Waals surface area contributed by atoms with Crippen LogP contribution in [0.15, 0.2) is 18.2 Å². The fourth-order valence-corrected chi connectivity index (χ4v) is 1.44. The highest BCUT2D eigenvalue weighted by Crippen LogP contribution is 2.25. The number of amides is 2. The Labute approximate surface area is 76.3 Å². The van der Waals surface area contributed by atoms with Gasteiger partial charge in [-0.05, 0) is 17.7 Å². The van der Waals surface area contributed by atoms with Crippen LogP contribution in [0.4, 0.5) is 16.2 Å². The zero-order chi connectivity index (χ0) is 9.42. The SMILES string of the molecule is CN1C(=O)NCc2ccc(N)cc21. The van der Waals surface area contributed by atoms with Crippen molar-refractivity contribution in [2.45, 2.75) is 6.54 Å². The molecule has 1 aromatic rings. The molecule has 0 aliphatic carbocycles. The predicted molar refractivity (Wildman–Crippen MR) is 51.5 cm³/mol. The van der Waals surface area contributed by atoms with Gasteiger partial charge in [0, 0.05) is 19.3 Å². The zero-order valence-electron chi connectivity index (χ0n) is 7.37. The lowest BCUT2D eigenvalue weighted by Gasteiger charge is -2.26. The average Bonchev–Trinajstić information content (AvgIpc) is 2.12. The van der Waals surface area contributed by atoms with Gasteiger partial charge in [0.1, 0.15) is 0 Å². The van der Waals surface area contributed by atoms with Crippen LogP contribution in [-0.2, 0) is 6.54 Å². The van der Waals surface area contributed by atoms with Gasteiger partial charge >= 0.3 is 6.03 Å². The minimum Gasteiger partial charge on any atom is -0.399 e. The molecule has 68 valence electrons. The van der Waals surface area contributed by atoms with Gasteiger partial charge in [0.05, 0.1) is 5.69 Å². The minimum atomic E-state index is -0.0851. The molecular formula is C9H11N3O. The summed E-state index contributed by atoms with van der Waals surface area (Å²) in [7, 11) is 1.73. The van der Waals surface area contributed by atoms with Crippen LogP contribution in [0.3, 0.4) is 0 Å². The number of fused-ring (bicyclic) bond motifs is 1. The number of hydrogen-bond donors (Lipinski definition) is 2. The normalized spacial score (nSPS) is 15.2. The Morgan fingerprint density at radius 2 is 2.31 bits per heavy atom. The number of nitrogens with zero attached hydrogens (tertiary/aromatic N) is 1. The van der Waals surface area contributed by atoms with Crippen molar-refractivity contribution in [3.63, 3.8) is 0 Å². The van der Waals surface area contributed by atoms with E-state index in [0.717, 1.165) is 11.3 Å². The van der Waals surface area contributed by atoms with Gasteiger partial charge in [-0.1, -0.05) is 6.07 Å². The topological polar surface area (TPSA) is 58.4 Å². The number of nitrogens with one attached hydrogen (secondary N) is 1. The van der Waals surface area contributed by atoms with Crippen molar-refractivity contribution in [1.29, 1.82) is 0 Å². The molecule has 2 amide bonds. The molecule has 1 aliphatic rings. The molecule has 0 unspecified atom stereocenters. The van der Waals surface area contributed by atoms with Gasteiger partial charge in [-0.15, -0.1) is 0 Å². The van der Waals surface area contributed by atoms with E-state index in [4.69, 9.17) is 5.73 Å². The lowest BCUT2D eigenvalue weighted by atomic mass is 10.1. The van der Waals surface area contributed by atoms with Gasteiger partial charge < -0.3 is 11.1 Å². The quantitative estimate of drug-likeness (QED) is 0.579. The number of benzene rings is 1. The second-order valence-corrected chi connectivity index (χ2v) is 3.11. The standard InChI is InChI=1S/C9H11N3O/c1-12-8-4-7(10)3-2-6(8)5-11-9(12)13/h2-4H,5,10H2,1H3,(H,11,13). The summed E-state index contributed by atoms with van der Waals surface area (Å²) in [6.45, 7) is 0.582. The van der Waals surface area contributed by atoms with E-state index in [0.29, 0.717) is 12.2 Å². The first-order valence-corrected chi connectivity index (χ1v) is 4.08. The summed E-state index contributed by atoms with van der Waals surface area (Å²) in [5, 5.41) is 2.75. The van der Waals surface area contributed by atoms with Crippen molar-refractivity contribution in [2.24, 2.45) is 0 Å². The van der Waals surface area contributed by atoms with Crippen LogP contribution in [-0.4, -0.2) is 13.1 Å². The highest BCUT2D eigenvalue weighted by atomic mass is 16.2. The summed E-state index contributed by atoms with van der Waals surface area (Å²) in [6, 6.07) is 5.50. The first kappa shape index (κ1) is 7.91. The van der Waals surface area contributed by atoms with Crippen LogP contribution in [0.5, 0.6) is 0 Å². The molecule has 2 rings (SSSR count). The van der Waals surface area contributed by atoms with Crippen molar-refractivity contribution >= 4 is 17.4 Å². The highest BCUT2D eigenvalue weighted by Gasteiger charge is 2.19. The van der Waals surface area contributed by atoms with Crippen molar-refractivity contribution in [3.8, 4) is 0 Å². The summed E-state index contributed by atoms with van der Waals surface area (Å²) in [5.74, 6) is 0. The van der Waals surface area contributed by atoms with E-state index in [1.807, 2.05) is 18.2 Å². The first-order chi connectivity index (χ1) is 6.18. The van der Waals surface area contributed by atoms with Gasteiger partial charge in [-0.25, -0.2) is 4.79 Å². The second kappa shape index (κ2) is 2.65. The third-order valence-corrected chi connectivity index (χ3v) is 2.21. The average molecular weight is 177 g/mol. The molecule has 0 radical (unpaired) electrons. The fourth-order valence-electron chi connectivity index (χ4n) is 1.44. The van der Waals surface area contributed by atoms with E-state index < -0.39 is 0 Å². The first-order valence-electron chi connectivity index (χ1n) is 4.08. The van der Waals surface area contributed by atoms with Crippen LogP contribution in [0.25, 0.3) is 0 Å². The molecule has 4 heteroatoms. The summed E-state index contributed by atoms with van der Waals surface area (Å²) in [5.41, 5.74) is 8.30. The number of nitrogens with two attached hydrogens (primary N) is 1. The van der Waals surface area contributed by atoms with Gasteiger partial charge in [0.25, 0.3) is 0 Å². The van der Waals surface area contributed by atoms with E-state index in [-0.39, 0.29) is 6.03 Å². The molecule has 0 bridgehead atoms. The van der Waals surface area contributed by atoms with Gasteiger partial charge in [-0.3, -0.25) is 4.90 Å². The van der Waals surface area contributed by atoms with Crippen molar-refractivity contribution in [1.82, 2.24) is 5.32 Å². The molecule has 3 N–H and O–H groups in total. The van der Waals surface area contributed by atoms with E-state index in [1.165, 1.54) is 0 Å². The lowest BCUT2D eigenvalue weighted by molar-refractivity contribution is 0.246. The van der Waals surface area contributed by atoms with Crippen LogP contribution >= 0.6 is 0 Å². The van der Waals surface area contributed by atoms with Gasteiger partial charge in [0.15, 0.2) is 0 Å².